The van der Waals surface area contributed by atoms with E-state index in [1.807, 2.05) is 6.08 Å². The van der Waals surface area contributed by atoms with Gasteiger partial charge in [0.15, 0.2) is 0 Å². The summed E-state index contributed by atoms with van der Waals surface area (Å²) in [7, 11) is 0. The number of rotatable bonds is 55. The van der Waals surface area contributed by atoms with Crippen LogP contribution in [0.2, 0.25) is 0 Å². The first-order valence-corrected chi connectivity index (χ1v) is 29.6. The number of carbonyl (C=O) groups is 2. The minimum absolute atomic E-state index is 0.0105. The van der Waals surface area contributed by atoms with Gasteiger partial charge in [-0.1, -0.05) is 276 Å². The summed E-state index contributed by atoms with van der Waals surface area (Å²) in [5.41, 5.74) is 0. The standard InChI is InChI=1S/C60H115NO5/c1-3-5-7-9-11-13-14-15-16-24-28-31-34-38-42-46-50-54-60(65)66-55-51-47-43-39-35-32-29-26-23-21-19-17-18-20-22-25-27-30-33-37-41-45-49-53-59(64)61-57(56-62)58(63)52-48-44-40-36-12-10-8-6-4-2/h15-16,48,52,57-58,62-63H,3-14,17-47,49-51,53-56H2,1-2H3,(H,61,64)/b16-15-,52-48+. The van der Waals surface area contributed by atoms with Gasteiger partial charge in [0, 0.05) is 12.8 Å². The summed E-state index contributed by atoms with van der Waals surface area (Å²) < 4.78 is 5.49. The number of aliphatic hydroxyl groups excluding tert-OH is 2. The average molecular weight is 931 g/mol. The van der Waals surface area contributed by atoms with Crippen molar-refractivity contribution in [1.82, 2.24) is 5.32 Å². The lowest BCUT2D eigenvalue weighted by molar-refractivity contribution is -0.143. The van der Waals surface area contributed by atoms with Gasteiger partial charge in [0.25, 0.3) is 0 Å². The fourth-order valence-electron chi connectivity index (χ4n) is 9.16. The Hall–Kier alpha value is -1.66. The molecule has 0 saturated heterocycles. The molecule has 3 N–H and O–H groups in total. The van der Waals surface area contributed by atoms with Crippen molar-refractivity contribution < 1.29 is 24.5 Å². The van der Waals surface area contributed by atoms with Gasteiger partial charge >= 0.3 is 5.97 Å². The van der Waals surface area contributed by atoms with Crippen LogP contribution in [0.1, 0.15) is 322 Å². The van der Waals surface area contributed by atoms with E-state index in [1.165, 1.54) is 250 Å². The normalized spacial score (nSPS) is 12.7. The summed E-state index contributed by atoms with van der Waals surface area (Å²) in [6.07, 6.45) is 67.9. The Labute approximate surface area is 411 Å². The molecule has 0 bridgehead atoms. The van der Waals surface area contributed by atoms with Gasteiger partial charge < -0.3 is 20.3 Å². The van der Waals surface area contributed by atoms with Crippen LogP contribution < -0.4 is 5.32 Å². The van der Waals surface area contributed by atoms with Crippen LogP contribution in [0, 0.1) is 0 Å². The predicted molar refractivity (Wildman–Crippen MR) is 287 cm³/mol. The predicted octanol–water partition coefficient (Wildman–Crippen LogP) is 18.2. The van der Waals surface area contributed by atoms with Gasteiger partial charge in [0.05, 0.1) is 25.4 Å². The van der Waals surface area contributed by atoms with Gasteiger partial charge in [-0.25, -0.2) is 0 Å². The zero-order valence-corrected chi connectivity index (χ0v) is 44.4. The molecule has 0 aliphatic rings. The molecule has 6 nitrogen and oxygen atoms in total. The van der Waals surface area contributed by atoms with E-state index in [2.05, 4.69) is 31.3 Å². The van der Waals surface area contributed by atoms with Crippen molar-refractivity contribution in [3.63, 3.8) is 0 Å². The van der Waals surface area contributed by atoms with E-state index in [1.54, 1.807) is 6.08 Å². The smallest absolute Gasteiger partial charge is 0.305 e. The molecular weight excluding hydrogens is 815 g/mol. The number of hydrogen-bond acceptors (Lipinski definition) is 5. The van der Waals surface area contributed by atoms with Crippen LogP contribution >= 0.6 is 0 Å². The maximum Gasteiger partial charge on any atom is 0.305 e. The molecule has 0 spiro atoms. The van der Waals surface area contributed by atoms with Gasteiger partial charge in [0.1, 0.15) is 0 Å². The molecule has 0 aliphatic carbocycles. The number of carbonyl (C=O) groups excluding carboxylic acids is 2. The Morgan fingerprint density at radius 1 is 0.409 bits per heavy atom. The minimum atomic E-state index is -0.841. The van der Waals surface area contributed by atoms with E-state index in [0.29, 0.717) is 19.4 Å². The highest BCUT2D eigenvalue weighted by molar-refractivity contribution is 5.76. The first-order chi connectivity index (χ1) is 32.5. The second-order valence-electron chi connectivity index (χ2n) is 20.3. The van der Waals surface area contributed by atoms with E-state index < -0.39 is 12.1 Å². The van der Waals surface area contributed by atoms with Crippen molar-refractivity contribution in [2.24, 2.45) is 0 Å². The molecule has 0 aromatic rings. The van der Waals surface area contributed by atoms with Crippen LogP contribution in [-0.4, -0.2) is 47.4 Å². The molecule has 66 heavy (non-hydrogen) atoms. The second-order valence-corrected chi connectivity index (χ2v) is 20.3. The number of unbranched alkanes of at least 4 members (excludes halogenated alkanes) is 42. The minimum Gasteiger partial charge on any atom is -0.466 e. The van der Waals surface area contributed by atoms with Crippen LogP contribution in [0.15, 0.2) is 24.3 Å². The van der Waals surface area contributed by atoms with Gasteiger partial charge in [-0.2, -0.15) is 0 Å². The van der Waals surface area contributed by atoms with Crippen molar-refractivity contribution in [3.8, 4) is 0 Å². The zero-order chi connectivity index (χ0) is 47.9. The summed E-state index contributed by atoms with van der Waals surface area (Å²) in [5, 5.41) is 22.9. The van der Waals surface area contributed by atoms with E-state index >= 15 is 0 Å². The molecule has 0 radical (unpaired) electrons. The van der Waals surface area contributed by atoms with Crippen molar-refractivity contribution in [2.45, 2.75) is 334 Å². The molecule has 0 rings (SSSR count). The maximum absolute atomic E-state index is 12.4. The SMILES string of the molecule is CCCCCCCC/C=C\CCCCCCCCCC(=O)OCCCCCCCCCCCCCCCCCCCCCCCCCC(=O)NC(CO)C(O)/C=C/CCCCCCCCC. The largest absolute Gasteiger partial charge is 0.466 e. The monoisotopic (exact) mass is 930 g/mol. The topological polar surface area (TPSA) is 95.9 Å². The maximum atomic E-state index is 12.4. The summed E-state index contributed by atoms with van der Waals surface area (Å²) in [4.78, 5) is 24.5. The second kappa shape index (κ2) is 55.9. The Bertz CT molecular complexity index is 1030. The molecule has 6 heteroatoms. The van der Waals surface area contributed by atoms with Crippen LogP contribution in [0.25, 0.3) is 0 Å². The molecule has 0 heterocycles. The Balaban J connectivity index is 3.34. The first kappa shape index (κ1) is 64.3. The quantitative estimate of drug-likeness (QED) is 0.0321. The molecule has 0 fully saturated rings. The van der Waals surface area contributed by atoms with E-state index in [4.69, 9.17) is 4.74 Å². The summed E-state index contributed by atoms with van der Waals surface area (Å²) in [5.74, 6) is -0.0591. The molecular formula is C60H115NO5. The fraction of sp³-hybridized carbons (Fsp3) is 0.900. The lowest BCUT2D eigenvalue weighted by Gasteiger charge is -2.20. The fourth-order valence-corrected chi connectivity index (χ4v) is 9.16. The molecule has 0 aromatic heterocycles. The highest BCUT2D eigenvalue weighted by Gasteiger charge is 2.18. The number of allylic oxidation sites excluding steroid dienone is 3. The van der Waals surface area contributed by atoms with Gasteiger partial charge in [-0.3, -0.25) is 9.59 Å². The summed E-state index contributed by atoms with van der Waals surface area (Å²) in [6.45, 7) is 4.88. The van der Waals surface area contributed by atoms with E-state index in [-0.39, 0.29) is 18.5 Å². The number of nitrogens with one attached hydrogen (secondary N) is 1. The van der Waals surface area contributed by atoms with E-state index in [9.17, 15) is 19.8 Å². The highest BCUT2D eigenvalue weighted by atomic mass is 16.5. The Kier molecular flexibility index (Phi) is 54.5. The summed E-state index contributed by atoms with van der Waals surface area (Å²) in [6, 6.07) is -0.625. The molecule has 2 unspecified atom stereocenters. The average Bonchev–Trinajstić information content (AvgIpc) is 3.32. The van der Waals surface area contributed by atoms with Gasteiger partial charge in [-0.05, 0) is 57.8 Å². The van der Waals surface area contributed by atoms with Crippen LogP contribution in [0.4, 0.5) is 0 Å². The number of hydrogen-bond donors (Lipinski definition) is 3. The molecule has 0 aliphatic heterocycles. The van der Waals surface area contributed by atoms with Gasteiger partial charge in [-0.15, -0.1) is 0 Å². The van der Waals surface area contributed by atoms with E-state index in [0.717, 1.165) is 44.9 Å². The molecule has 2 atom stereocenters. The Morgan fingerprint density at radius 3 is 1.08 bits per heavy atom. The molecule has 0 aromatic carbocycles. The zero-order valence-electron chi connectivity index (χ0n) is 44.4. The number of esters is 1. The molecule has 390 valence electrons. The van der Waals surface area contributed by atoms with Crippen LogP contribution in [-0.2, 0) is 14.3 Å². The number of ether oxygens (including phenoxy) is 1. The first-order valence-electron chi connectivity index (χ1n) is 29.6. The van der Waals surface area contributed by atoms with Crippen LogP contribution in [0.3, 0.4) is 0 Å². The third kappa shape index (κ3) is 51.7. The lowest BCUT2D eigenvalue weighted by atomic mass is 10.0. The highest BCUT2D eigenvalue weighted by Crippen LogP contribution is 2.17. The van der Waals surface area contributed by atoms with Crippen molar-refractivity contribution in [3.05, 3.63) is 24.3 Å². The molecule has 1 amide bonds. The number of aliphatic hydroxyl groups is 2. The lowest BCUT2D eigenvalue weighted by Crippen LogP contribution is -2.45. The van der Waals surface area contributed by atoms with Gasteiger partial charge in [0.2, 0.25) is 5.91 Å². The third-order valence-corrected chi connectivity index (χ3v) is 13.7. The van der Waals surface area contributed by atoms with Crippen molar-refractivity contribution >= 4 is 11.9 Å². The van der Waals surface area contributed by atoms with Crippen molar-refractivity contribution in [1.29, 1.82) is 0 Å². The van der Waals surface area contributed by atoms with Crippen LogP contribution in [0.5, 0.6) is 0 Å². The van der Waals surface area contributed by atoms with Crippen molar-refractivity contribution in [2.75, 3.05) is 13.2 Å². The molecule has 0 saturated carbocycles. The summed E-state index contributed by atoms with van der Waals surface area (Å²) >= 11 is 0. The third-order valence-electron chi connectivity index (χ3n) is 13.7. The Morgan fingerprint density at radius 2 is 0.712 bits per heavy atom. The number of amides is 1.